The number of carbonyl (C=O) groups excluding carboxylic acids is 1. The van der Waals surface area contributed by atoms with Crippen molar-refractivity contribution in [2.75, 3.05) is 18.4 Å². The minimum absolute atomic E-state index is 0.0771. The van der Waals surface area contributed by atoms with Crippen LogP contribution in [0.2, 0.25) is 5.02 Å². The molecule has 0 radical (unpaired) electrons. The van der Waals surface area contributed by atoms with Crippen LogP contribution >= 0.6 is 11.6 Å². The number of benzene rings is 2. The summed E-state index contributed by atoms with van der Waals surface area (Å²) in [7, 11) is 0. The molecule has 2 aliphatic rings. The van der Waals surface area contributed by atoms with E-state index >= 15 is 0 Å². The number of nitrogens with one attached hydrogen (secondary N) is 1. The standard InChI is InChI=1S/C28H32ClN3O2/c1-19-22(8-5-9-23(19)29)28(31-21-11-10-20-7-6-13-30-24(20)15-21)16-27(17-28)12-14-32(18-27)25(33)34-26(2,3)4/h5-11,13,15,31H,12,14,16-18H2,1-4H3. The lowest BCUT2D eigenvalue weighted by molar-refractivity contribution is 0.0149. The molecule has 1 aromatic heterocycles. The zero-order valence-electron chi connectivity index (χ0n) is 20.3. The van der Waals surface area contributed by atoms with Gasteiger partial charge in [0, 0.05) is 35.4 Å². The average Bonchev–Trinajstić information content (AvgIpc) is 3.19. The summed E-state index contributed by atoms with van der Waals surface area (Å²) in [5, 5.41) is 5.77. The Hall–Kier alpha value is -2.79. The molecule has 1 amide bonds. The van der Waals surface area contributed by atoms with Crippen LogP contribution in [0.25, 0.3) is 10.9 Å². The van der Waals surface area contributed by atoms with Crippen LogP contribution in [0.15, 0.2) is 54.7 Å². The summed E-state index contributed by atoms with van der Waals surface area (Å²) in [5.41, 5.74) is 3.68. The minimum Gasteiger partial charge on any atom is -0.444 e. The summed E-state index contributed by atoms with van der Waals surface area (Å²) in [6, 6.07) is 16.5. The molecule has 5 rings (SSSR count). The van der Waals surface area contributed by atoms with E-state index in [2.05, 4.69) is 47.6 Å². The molecule has 34 heavy (non-hydrogen) atoms. The number of ether oxygens (including phenoxy) is 1. The second kappa shape index (κ2) is 8.16. The molecule has 0 bridgehead atoms. The third-order valence-corrected chi connectivity index (χ3v) is 7.63. The van der Waals surface area contributed by atoms with E-state index in [1.165, 1.54) is 5.56 Å². The highest BCUT2D eigenvalue weighted by Crippen LogP contribution is 2.60. The zero-order valence-corrected chi connectivity index (χ0v) is 21.1. The molecule has 1 saturated heterocycles. The minimum atomic E-state index is -0.486. The van der Waals surface area contributed by atoms with Gasteiger partial charge in [-0.25, -0.2) is 4.79 Å². The van der Waals surface area contributed by atoms with Gasteiger partial charge in [0.15, 0.2) is 0 Å². The summed E-state index contributed by atoms with van der Waals surface area (Å²) in [5.74, 6) is 0. The molecule has 5 nitrogen and oxygen atoms in total. The molecule has 178 valence electrons. The van der Waals surface area contributed by atoms with Crippen molar-refractivity contribution in [3.05, 3.63) is 70.9 Å². The summed E-state index contributed by atoms with van der Waals surface area (Å²) in [6.07, 6.45) is 4.45. The van der Waals surface area contributed by atoms with Crippen LogP contribution < -0.4 is 5.32 Å². The third kappa shape index (κ3) is 4.22. The number of likely N-dealkylation sites (tertiary alicyclic amines) is 1. The van der Waals surface area contributed by atoms with Gasteiger partial charge in [-0.1, -0.05) is 35.9 Å². The van der Waals surface area contributed by atoms with Gasteiger partial charge in [0.1, 0.15) is 5.60 Å². The van der Waals surface area contributed by atoms with Gasteiger partial charge in [-0.2, -0.15) is 0 Å². The molecule has 1 saturated carbocycles. The Morgan fingerprint density at radius 2 is 1.94 bits per heavy atom. The van der Waals surface area contributed by atoms with Crippen LogP contribution in [0.5, 0.6) is 0 Å². The molecule has 0 unspecified atom stereocenters. The number of pyridine rings is 1. The maximum atomic E-state index is 12.7. The third-order valence-electron chi connectivity index (χ3n) is 7.22. The predicted molar refractivity (Wildman–Crippen MR) is 137 cm³/mol. The van der Waals surface area contributed by atoms with Crippen molar-refractivity contribution in [2.45, 2.75) is 58.1 Å². The zero-order chi connectivity index (χ0) is 24.1. The first-order chi connectivity index (χ1) is 16.1. The largest absolute Gasteiger partial charge is 0.444 e. The van der Waals surface area contributed by atoms with E-state index < -0.39 is 5.60 Å². The van der Waals surface area contributed by atoms with Crippen LogP contribution in [0, 0.1) is 12.3 Å². The van der Waals surface area contributed by atoms with Crippen LogP contribution in [-0.2, 0) is 10.3 Å². The van der Waals surface area contributed by atoms with Gasteiger partial charge in [-0.15, -0.1) is 0 Å². The van der Waals surface area contributed by atoms with Crippen molar-refractivity contribution in [1.82, 2.24) is 9.88 Å². The fourth-order valence-corrected chi connectivity index (χ4v) is 6.00. The predicted octanol–water partition coefficient (Wildman–Crippen LogP) is 6.93. The molecule has 0 atom stereocenters. The number of carbonyl (C=O) groups is 1. The monoisotopic (exact) mass is 477 g/mol. The van der Waals surface area contributed by atoms with Gasteiger partial charge in [0.25, 0.3) is 0 Å². The lowest BCUT2D eigenvalue weighted by Crippen LogP contribution is -2.56. The number of aromatic nitrogens is 1. The van der Waals surface area contributed by atoms with E-state index in [-0.39, 0.29) is 17.0 Å². The lowest BCUT2D eigenvalue weighted by Gasteiger charge is -2.56. The Kier molecular flexibility index (Phi) is 5.51. The van der Waals surface area contributed by atoms with Gasteiger partial charge in [-0.05, 0) is 87.8 Å². The molecule has 2 aromatic carbocycles. The van der Waals surface area contributed by atoms with E-state index in [4.69, 9.17) is 16.3 Å². The first-order valence-electron chi connectivity index (χ1n) is 11.9. The van der Waals surface area contributed by atoms with Gasteiger partial charge in [-0.3, -0.25) is 4.98 Å². The van der Waals surface area contributed by atoms with Crippen molar-refractivity contribution in [3.8, 4) is 0 Å². The van der Waals surface area contributed by atoms with Gasteiger partial charge >= 0.3 is 6.09 Å². The SMILES string of the molecule is Cc1c(Cl)cccc1C1(Nc2ccc3cccnc3c2)CC2(CCN(C(=O)OC(C)(C)C)C2)C1. The molecule has 1 aliphatic carbocycles. The maximum Gasteiger partial charge on any atom is 0.410 e. The van der Waals surface area contributed by atoms with Crippen molar-refractivity contribution < 1.29 is 9.53 Å². The molecule has 3 aromatic rings. The van der Waals surface area contributed by atoms with Crippen LogP contribution in [0.4, 0.5) is 10.5 Å². The Morgan fingerprint density at radius 1 is 1.15 bits per heavy atom. The number of fused-ring (bicyclic) bond motifs is 1. The van der Waals surface area contributed by atoms with E-state index in [0.29, 0.717) is 0 Å². The van der Waals surface area contributed by atoms with Crippen LogP contribution in [-0.4, -0.2) is 34.7 Å². The second-order valence-corrected chi connectivity index (χ2v) is 11.4. The maximum absolute atomic E-state index is 12.7. The molecular formula is C28H32ClN3O2. The van der Waals surface area contributed by atoms with E-state index in [0.717, 1.165) is 59.5 Å². The fourth-order valence-electron chi connectivity index (χ4n) is 5.83. The highest BCUT2D eigenvalue weighted by Gasteiger charge is 2.59. The first kappa shape index (κ1) is 23.0. The van der Waals surface area contributed by atoms with E-state index in [1.54, 1.807) is 0 Å². The molecule has 1 spiro atoms. The molecular weight excluding hydrogens is 446 g/mol. The number of halogens is 1. The summed E-state index contributed by atoms with van der Waals surface area (Å²) in [6.45, 7) is 9.29. The smallest absolute Gasteiger partial charge is 0.410 e. The van der Waals surface area contributed by atoms with Crippen LogP contribution in [0.1, 0.15) is 51.2 Å². The lowest BCUT2D eigenvalue weighted by atomic mass is 9.54. The number of anilines is 1. The van der Waals surface area contributed by atoms with Gasteiger partial charge < -0.3 is 15.0 Å². The fraction of sp³-hybridized carbons (Fsp3) is 0.429. The van der Waals surface area contributed by atoms with Crippen molar-refractivity contribution >= 4 is 34.3 Å². The van der Waals surface area contributed by atoms with Gasteiger partial charge in [0.2, 0.25) is 0 Å². The Morgan fingerprint density at radius 3 is 2.71 bits per heavy atom. The number of hydrogen-bond acceptors (Lipinski definition) is 4. The molecule has 2 heterocycles. The second-order valence-electron chi connectivity index (χ2n) is 11.0. The first-order valence-corrected chi connectivity index (χ1v) is 12.3. The van der Waals surface area contributed by atoms with Crippen molar-refractivity contribution in [2.24, 2.45) is 5.41 Å². The molecule has 6 heteroatoms. The Bertz CT molecular complexity index is 1240. The topological polar surface area (TPSA) is 54.5 Å². The van der Waals surface area contributed by atoms with Crippen molar-refractivity contribution in [1.29, 1.82) is 0 Å². The summed E-state index contributed by atoms with van der Waals surface area (Å²) >= 11 is 6.55. The average molecular weight is 478 g/mol. The summed E-state index contributed by atoms with van der Waals surface area (Å²) in [4.78, 5) is 19.1. The Balaban J connectivity index is 1.43. The van der Waals surface area contributed by atoms with Crippen molar-refractivity contribution in [3.63, 3.8) is 0 Å². The molecule has 1 N–H and O–H groups in total. The number of hydrogen-bond donors (Lipinski definition) is 1. The normalized spacial score (nSPS) is 24.3. The highest BCUT2D eigenvalue weighted by molar-refractivity contribution is 6.31. The molecule has 2 fully saturated rings. The van der Waals surface area contributed by atoms with E-state index in [1.807, 2.05) is 50.1 Å². The summed E-state index contributed by atoms with van der Waals surface area (Å²) < 4.78 is 5.64. The van der Waals surface area contributed by atoms with E-state index in [9.17, 15) is 4.79 Å². The molecule has 1 aliphatic heterocycles. The highest BCUT2D eigenvalue weighted by atomic mass is 35.5. The Labute approximate surface area is 206 Å². The number of rotatable bonds is 3. The number of amides is 1. The van der Waals surface area contributed by atoms with Gasteiger partial charge in [0.05, 0.1) is 11.1 Å². The number of nitrogens with zero attached hydrogens (tertiary/aromatic N) is 2. The quantitative estimate of drug-likeness (QED) is 0.444. The van der Waals surface area contributed by atoms with Crippen LogP contribution in [0.3, 0.4) is 0 Å².